The van der Waals surface area contributed by atoms with Crippen molar-refractivity contribution in [1.82, 2.24) is 5.43 Å². The van der Waals surface area contributed by atoms with Gasteiger partial charge in [-0.25, -0.2) is 0 Å². The first-order chi connectivity index (χ1) is 6.59. The van der Waals surface area contributed by atoms with Gasteiger partial charge < -0.3 is 5.73 Å². The van der Waals surface area contributed by atoms with Gasteiger partial charge in [0.15, 0.2) is 5.11 Å². The molecule has 0 fully saturated rings. The van der Waals surface area contributed by atoms with E-state index < -0.39 is 0 Å². The summed E-state index contributed by atoms with van der Waals surface area (Å²) in [7, 11) is 0. The zero-order valence-corrected chi connectivity index (χ0v) is 9.19. The lowest BCUT2D eigenvalue weighted by molar-refractivity contribution is 1.04. The van der Waals surface area contributed by atoms with Gasteiger partial charge in [-0.3, -0.25) is 5.43 Å². The van der Waals surface area contributed by atoms with Crippen LogP contribution in [-0.2, 0) is 0 Å². The van der Waals surface area contributed by atoms with Crippen LogP contribution in [0.5, 0.6) is 0 Å². The predicted octanol–water partition coefficient (Wildman–Crippen LogP) is 1.82. The topological polar surface area (TPSA) is 50.4 Å². The second-order valence-electron chi connectivity index (χ2n) is 2.74. The molecule has 1 rings (SSSR count). The highest BCUT2D eigenvalue weighted by molar-refractivity contribution is 7.80. The molecule has 3 N–H and O–H groups in total. The first-order valence-corrected chi connectivity index (χ1v) is 4.73. The lowest BCUT2D eigenvalue weighted by Crippen LogP contribution is -2.23. The Balaban J connectivity index is 2.73. The molecule has 0 amide bonds. The molecule has 3 nitrogen and oxygen atoms in total. The zero-order chi connectivity index (χ0) is 10.6. The lowest BCUT2D eigenvalue weighted by atomic mass is 10.2. The molecule has 74 valence electrons. The first-order valence-electron chi connectivity index (χ1n) is 3.94. The van der Waals surface area contributed by atoms with E-state index in [4.69, 9.17) is 17.3 Å². The van der Waals surface area contributed by atoms with Gasteiger partial charge >= 0.3 is 0 Å². The van der Waals surface area contributed by atoms with Crippen LogP contribution in [0.3, 0.4) is 0 Å². The Hall–Kier alpha value is -1.13. The van der Waals surface area contributed by atoms with Gasteiger partial charge in [0.1, 0.15) is 0 Å². The fourth-order valence-corrected chi connectivity index (χ4v) is 1.10. The van der Waals surface area contributed by atoms with E-state index in [9.17, 15) is 0 Å². The largest absolute Gasteiger partial charge is 0.375 e. The van der Waals surface area contributed by atoms with Crippen LogP contribution in [0.25, 0.3) is 0 Å². The van der Waals surface area contributed by atoms with Crippen molar-refractivity contribution in [2.45, 2.75) is 6.92 Å². The van der Waals surface area contributed by atoms with E-state index in [-0.39, 0.29) is 5.11 Å². The molecule has 5 heteroatoms. The summed E-state index contributed by atoms with van der Waals surface area (Å²) in [4.78, 5) is 0. The Morgan fingerprint density at radius 3 is 2.93 bits per heavy atom. The fourth-order valence-electron chi connectivity index (χ4n) is 0.860. The summed E-state index contributed by atoms with van der Waals surface area (Å²) in [6.45, 7) is 1.94. The Labute approximate surface area is 92.9 Å². The summed E-state index contributed by atoms with van der Waals surface area (Å²) in [6.07, 6.45) is 1.60. The minimum atomic E-state index is 0.138. The number of rotatable bonds is 2. The minimum absolute atomic E-state index is 0.138. The Bertz CT molecular complexity index is 376. The Kier molecular flexibility index (Phi) is 3.85. The lowest BCUT2D eigenvalue weighted by Gasteiger charge is -1.98. The van der Waals surface area contributed by atoms with Crippen LogP contribution in [0.4, 0.5) is 0 Å². The third kappa shape index (κ3) is 3.32. The number of halogens is 1. The molecule has 14 heavy (non-hydrogen) atoms. The number of hydrazone groups is 1. The van der Waals surface area contributed by atoms with Crippen LogP contribution in [0.2, 0.25) is 5.02 Å². The Morgan fingerprint density at radius 2 is 2.36 bits per heavy atom. The summed E-state index contributed by atoms with van der Waals surface area (Å²) in [5.41, 5.74) is 9.58. The molecule has 0 aliphatic carbocycles. The van der Waals surface area contributed by atoms with Crippen molar-refractivity contribution in [1.29, 1.82) is 0 Å². The van der Waals surface area contributed by atoms with Crippen LogP contribution < -0.4 is 11.2 Å². The third-order valence-corrected chi connectivity index (χ3v) is 2.08. The van der Waals surface area contributed by atoms with Crippen molar-refractivity contribution in [2.24, 2.45) is 10.8 Å². The number of nitrogens with zero attached hydrogens (tertiary/aromatic N) is 1. The van der Waals surface area contributed by atoms with Crippen LogP contribution >= 0.6 is 23.8 Å². The van der Waals surface area contributed by atoms with Crippen LogP contribution in [0.15, 0.2) is 23.3 Å². The quantitative estimate of drug-likeness (QED) is 0.460. The van der Waals surface area contributed by atoms with Gasteiger partial charge in [-0.2, -0.15) is 5.10 Å². The van der Waals surface area contributed by atoms with Crippen molar-refractivity contribution >= 4 is 35.1 Å². The monoisotopic (exact) mass is 227 g/mol. The summed E-state index contributed by atoms with van der Waals surface area (Å²) in [5.74, 6) is 0. The number of nitrogens with one attached hydrogen (secondary N) is 1. The molecule has 1 aromatic rings. The molecule has 0 saturated carbocycles. The van der Waals surface area contributed by atoms with E-state index >= 15 is 0 Å². The first kappa shape index (κ1) is 10.9. The fraction of sp³-hybridized carbons (Fsp3) is 0.111. The molecular weight excluding hydrogens is 218 g/mol. The van der Waals surface area contributed by atoms with Gasteiger partial charge in [0.2, 0.25) is 0 Å². The smallest absolute Gasteiger partial charge is 0.184 e. The molecule has 1 aromatic carbocycles. The maximum atomic E-state index is 5.92. The van der Waals surface area contributed by atoms with Gasteiger partial charge in [0.05, 0.1) is 6.21 Å². The van der Waals surface area contributed by atoms with Crippen molar-refractivity contribution < 1.29 is 0 Å². The van der Waals surface area contributed by atoms with Crippen molar-refractivity contribution in [3.05, 3.63) is 34.3 Å². The molecule has 0 bridgehead atoms. The normalized spacial score (nSPS) is 10.4. The van der Waals surface area contributed by atoms with Crippen LogP contribution in [0, 0.1) is 6.92 Å². The summed E-state index contributed by atoms with van der Waals surface area (Å²) in [6, 6.07) is 5.65. The predicted molar refractivity (Wildman–Crippen MR) is 63.7 cm³/mol. The molecule has 0 aliphatic rings. The minimum Gasteiger partial charge on any atom is -0.375 e. The van der Waals surface area contributed by atoms with Crippen molar-refractivity contribution in [2.75, 3.05) is 0 Å². The highest BCUT2D eigenvalue weighted by Crippen LogP contribution is 2.15. The standard InChI is InChI=1S/C9H10ClN3S/c1-6-2-3-7(4-8(6)10)5-12-13-9(11)14/h2-5H,1H3,(H3,11,13,14)/b12-5+. The summed E-state index contributed by atoms with van der Waals surface area (Å²) < 4.78 is 0. The molecule has 0 radical (unpaired) electrons. The van der Waals surface area contributed by atoms with Gasteiger partial charge in [-0.05, 0) is 36.3 Å². The third-order valence-electron chi connectivity index (χ3n) is 1.58. The van der Waals surface area contributed by atoms with E-state index in [1.807, 2.05) is 25.1 Å². The number of benzene rings is 1. The van der Waals surface area contributed by atoms with E-state index in [1.54, 1.807) is 6.21 Å². The Morgan fingerprint density at radius 1 is 1.64 bits per heavy atom. The van der Waals surface area contributed by atoms with Crippen molar-refractivity contribution in [3.63, 3.8) is 0 Å². The molecule has 0 atom stereocenters. The average Bonchev–Trinajstić information content (AvgIpc) is 2.10. The van der Waals surface area contributed by atoms with Crippen LogP contribution in [-0.4, -0.2) is 11.3 Å². The number of nitrogens with two attached hydrogens (primary N) is 1. The van der Waals surface area contributed by atoms with E-state index in [0.717, 1.165) is 11.1 Å². The molecule has 0 unspecified atom stereocenters. The molecule has 0 heterocycles. The zero-order valence-electron chi connectivity index (χ0n) is 7.62. The van der Waals surface area contributed by atoms with E-state index in [1.165, 1.54) is 0 Å². The second kappa shape index (κ2) is 4.93. The number of hydrogen-bond donors (Lipinski definition) is 2. The summed E-state index contributed by atoms with van der Waals surface area (Å²) in [5, 5.41) is 4.66. The molecule has 0 saturated heterocycles. The second-order valence-corrected chi connectivity index (χ2v) is 3.59. The highest BCUT2D eigenvalue weighted by atomic mass is 35.5. The van der Waals surface area contributed by atoms with E-state index in [2.05, 4.69) is 22.7 Å². The van der Waals surface area contributed by atoms with Gasteiger partial charge in [0.25, 0.3) is 0 Å². The number of hydrogen-bond acceptors (Lipinski definition) is 2. The maximum Gasteiger partial charge on any atom is 0.184 e. The summed E-state index contributed by atoms with van der Waals surface area (Å²) >= 11 is 10.5. The molecule has 0 aliphatic heterocycles. The highest BCUT2D eigenvalue weighted by Gasteiger charge is 1.94. The van der Waals surface area contributed by atoms with Gasteiger partial charge in [0, 0.05) is 5.02 Å². The average molecular weight is 228 g/mol. The molecule has 0 spiro atoms. The molecular formula is C9H10ClN3S. The van der Waals surface area contributed by atoms with Gasteiger partial charge in [-0.1, -0.05) is 23.7 Å². The molecule has 0 aromatic heterocycles. The number of aryl methyl sites for hydroxylation is 1. The van der Waals surface area contributed by atoms with Crippen LogP contribution in [0.1, 0.15) is 11.1 Å². The van der Waals surface area contributed by atoms with Crippen molar-refractivity contribution in [3.8, 4) is 0 Å². The SMILES string of the molecule is Cc1ccc(/C=N/NC(N)=S)cc1Cl. The van der Waals surface area contributed by atoms with E-state index in [0.29, 0.717) is 5.02 Å². The number of thiocarbonyl (C=S) groups is 1. The van der Waals surface area contributed by atoms with Gasteiger partial charge in [-0.15, -0.1) is 0 Å². The maximum absolute atomic E-state index is 5.92.